The van der Waals surface area contributed by atoms with Crippen LogP contribution >= 0.6 is 0 Å². The largest absolute Gasteiger partial charge is 0.489 e. The molecule has 3 amide bonds. The van der Waals surface area contributed by atoms with E-state index in [1.54, 1.807) is 4.90 Å². The summed E-state index contributed by atoms with van der Waals surface area (Å²) in [6.07, 6.45) is 6.84. The van der Waals surface area contributed by atoms with Crippen LogP contribution in [-0.2, 0) is 29.1 Å². The van der Waals surface area contributed by atoms with E-state index in [0.29, 0.717) is 24.6 Å². The number of ether oxygens (including phenoxy) is 1. The van der Waals surface area contributed by atoms with Gasteiger partial charge >= 0.3 is 0 Å². The van der Waals surface area contributed by atoms with Crippen molar-refractivity contribution < 1.29 is 19.1 Å². The van der Waals surface area contributed by atoms with Crippen LogP contribution in [0.1, 0.15) is 59.3 Å². The van der Waals surface area contributed by atoms with Gasteiger partial charge in [-0.3, -0.25) is 29.6 Å². The highest BCUT2D eigenvalue weighted by Crippen LogP contribution is 2.34. The van der Waals surface area contributed by atoms with Crippen LogP contribution in [0.2, 0.25) is 0 Å². The van der Waals surface area contributed by atoms with Crippen LogP contribution in [0.4, 0.5) is 0 Å². The Kier molecular flexibility index (Phi) is 5.32. The molecule has 0 radical (unpaired) electrons. The maximum atomic E-state index is 12.9. The molecule has 1 saturated heterocycles. The number of hydrogen-bond acceptors (Lipinski definition) is 6. The van der Waals surface area contributed by atoms with Gasteiger partial charge in [-0.2, -0.15) is 0 Å². The van der Waals surface area contributed by atoms with Crippen molar-refractivity contribution in [3.05, 3.63) is 58.9 Å². The van der Waals surface area contributed by atoms with Crippen molar-refractivity contribution >= 4 is 17.7 Å². The monoisotopic (exact) mass is 460 g/mol. The van der Waals surface area contributed by atoms with Gasteiger partial charge in [0.2, 0.25) is 11.8 Å². The summed E-state index contributed by atoms with van der Waals surface area (Å²) in [6.45, 7) is 2.27. The zero-order chi connectivity index (χ0) is 23.2. The summed E-state index contributed by atoms with van der Waals surface area (Å²) in [4.78, 5) is 45.4. The van der Waals surface area contributed by atoms with Crippen LogP contribution in [0.15, 0.2) is 36.5 Å². The van der Waals surface area contributed by atoms with Crippen LogP contribution in [0, 0.1) is 0 Å². The fraction of sp³-hybridized carbons (Fsp3) is 0.462. The van der Waals surface area contributed by atoms with Gasteiger partial charge in [-0.25, -0.2) is 0 Å². The Morgan fingerprint density at radius 3 is 2.79 bits per heavy atom. The molecule has 6 rings (SSSR count). The standard InChI is InChI=1S/C26H28N4O4/c31-24-9-8-22(25(32)28-24)30-15-17-13-18(6-7-19(17)26(30)33)34-23-5-1-4-21(23)29-12-10-20-16(14-29)3-2-11-27-20/h2-3,6-7,11,13,21-23H,1,4-5,8-10,12,14-15H2,(H,28,31,32)/t21-,22?,23+/m0/s1. The van der Waals surface area contributed by atoms with Crippen LogP contribution < -0.4 is 10.1 Å². The molecule has 34 heavy (non-hydrogen) atoms. The Morgan fingerprint density at radius 1 is 1.00 bits per heavy atom. The predicted molar refractivity (Wildman–Crippen MR) is 123 cm³/mol. The zero-order valence-electron chi connectivity index (χ0n) is 19.0. The van der Waals surface area contributed by atoms with Gasteiger partial charge in [0.25, 0.3) is 5.91 Å². The summed E-state index contributed by atoms with van der Waals surface area (Å²) in [6, 6.07) is 9.58. The number of carbonyl (C=O) groups is 3. The number of imide groups is 1. The first-order chi connectivity index (χ1) is 16.6. The third-order valence-corrected chi connectivity index (χ3v) is 7.66. The molecular weight excluding hydrogens is 432 g/mol. The highest BCUT2D eigenvalue weighted by atomic mass is 16.5. The van der Waals surface area contributed by atoms with Crippen LogP contribution in [0.3, 0.4) is 0 Å². The first-order valence-electron chi connectivity index (χ1n) is 12.2. The molecule has 3 aliphatic heterocycles. The minimum absolute atomic E-state index is 0.111. The molecule has 1 aliphatic carbocycles. The Hall–Kier alpha value is -3.26. The molecule has 1 unspecified atom stereocenters. The Bertz CT molecular complexity index is 1170. The summed E-state index contributed by atoms with van der Waals surface area (Å²) in [5, 5.41) is 2.35. The number of pyridine rings is 1. The third-order valence-electron chi connectivity index (χ3n) is 7.66. The van der Waals surface area contributed by atoms with Crippen molar-refractivity contribution in [3.8, 4) is 5.75 Å². The van der Waals surface area contributed by atoms with Crippen LogP contribution in [0.25, 0.3) is 0 Å². The summed E-state index contributed by atoms with van der Waals surface area (Å²) in [7, 11) is 0. The molecule has 2 fully saturated rings. The third kappa shape index (κ3) is 3.76. The molecule has 3 atom stereocenters. The maximum Gasteiger partial charge on any atom is 0.255 e. The van der Waals surface area contributed by atoms with E-state index in [4.69, 9.17) is 4.74 Å². The number of amides is 3. The van der Waals surface area contributed by atoms with Gasteiger partial charge in [-0.1, -0.05) is 6.07 Å². The van der Waals surface area contributed by atoms with E-state index in [0.717, 1.165) is 50.1 Å². The van der Waals surface area contributed by atoms with Crippen molar-refractivity contribution in [1.82, 2.24) is 20.1 Å². The average molecular weight is 461 g/mol. The van der Waals surface area contributed by atoms with Gasteiger partial charge in [-0.05, 0) is 61.1 Å². The molecule has 176 valence electrons. The van der Waals surface area contributed by atoms with Gasteiger partial charge in [0.05, 0.1) is 0 Å². The van der Waals surface area contributed by atoms with Crippen molar-refractivity contribution in [2.45, 2.75) is 69.8 Å². The summed E-state index contributed by atoms with van der Waals surface area (Å²) in [5.41, 5.74) is 4.00. The second kappa shape index (κ2) is 8.51. The van der Waals surface area contributed by atoms with E-state index < -0.39 is 6.04 Å². The quantitative estimate of drug-likeness (QED) is 0.704. The number of piperidine rings is 1. The zero-order valence-corrected chi connectivity index (χ0v) is 19.0. The van der Waals surface area contributed by atoms with Gasteiger partial charge in [0.1, 0.15) is 17.9 Å². The second-order valence-corrected chi connectivity index (χ2v) is 9.70. The fourth-order valence-corrected chi connectivity index (χ4v) is 5.93. The second-order valence-electron chi connectivity index (χ2n) is 9.70. The molecule has 1 N–H and O–H groups in total. The summed E-state index contributed by atoms with van der Waals surface area (Å²) in [5.74, 6) is -0.0512. The number of hydrogen-bond donors (Lipinski definition) is 1. The number of benzene rings is 1. The number of fused-ring (bicyclic) bond motifs is 2. The highest BCUT2D eigenvalue weighted by molar-refractivity contribution is 6.05. The van der Waals surface area contributed by atoms with Gasteiger partial charge in [0, 0.05) is 56.0 Å². The minimum atomic E-state index is -0.599. The van der Waals surface area contributed by atoms with E-state index in [1.807, 2.05) is 30.5 Å². The lowest BCUT2D eigenvalue weighted by Crippen LogP contribution is -2.52. The van der Waals surface area contributed by atoms with Gasteiger partial charge in [-0.15, -0.1) is 0 Å². The molecule has 8 heteroatoms. The molecule has 0 spiro atoms. The number of nitrogens with one attached hydrogen (secondary N) is 1. The molecule has 0 bridgehead atoms. The van der Waals surface area contributed by atoms with Gasteiger partial charge < -0.3 is 9.64 Å². The van der Waals surface area contributed by atoms with Crippen LogP contribution in [0.5, 0.6) is 5.75 Å². The van der Waals surface area contributed by atoms with Crippen molar-refractivity contribution in [1.29, 1.82) is 0 Å². The molecule has 4 heterocycles. The van der Waals surface area contributed by atoms with Crippen LogP contribution in [-0.4, -0.2) is 57.2 Å². The van der Waals surface area contributed by atoms with Crippen molar-refractivity contribution in [2.75, 3.05) is 6.54 Å². The van der Waals surface area contributed by atoms with E-state index in [2.05, 4.69) is 21.3 Å². The van der Waals surface area contributed by atoms with E-state index in [9.17, 15) is 14.4 Å². The molecule has 2 aromatic rings. The Balaban J connectivity index is 1.15. The molecule has 8 nitrogen and oxygen atoms in total. The number of nitrogens with zero attached hydrogens (tertiary/aromatic N) is 3. The predicted octanol–water partition coefficient (Wildman–Crippen LogP) is 2.20. The molecule has 1 saturated carbocycles. The lowest BCUT2D eigenvalue weighted by molar-refractivity contribution is -0.136. The minimum Gasteiger partial charge on any atom is -0.489 e. The number of rotatable bonds is 4. The summed E-state index contributed by atoms with van der Waals surface area (Å²) >= 11 is 0. The average Bonchev–Trinajstić information content (AvgIpc) is 3.43. The molecule has 4 aliphatic rings. The first kappa shape index (κ1) is 21.3. The highest BCUT2D eigenvalue weighted by Gasteiger charge is 2.40. The SMILES string of the molecule is O=C1CCC(N2Cc3cc(O[C@@H]4CCC[C@@H]4N4CCc5ncccc5C4)ccc3C2=O)C(=O)N1. The topological polar surface area (TPSA) is 91.8 Å². The van der Waals surface area contributed by atoms with Crippen molar-refractivity contribution in [2.24, 2.45) is 0 Å². The lowest BCUT2D eigenvalue weighted by Gasteiger charge is -2.36. The van der Waals surface area contributed by atoms with Crippen molar-refractivity contribution in [3.63, 3.8) is 0 Å². The number of carbonyl (C=O) groups excluding carboxylic acids is 3. The smallest absolute Gasteiger partial charge is 0.255 e. The fourth-order valence-electron chi connectivity index (χ4n) is 5.93. The maximum absolute atomic E-state index is 12.9. The Morgan fingerprint density at radius 2 is 1.91 bits per heavy atom. The first-order valence-corrected chi connectivity index (χ1v) is 12.2. The van der Waals surface area contributed by atoms with E-state index in [1.165, 1.54) is 11.3 Å². The Labute approximate surface area is 198 Å². The summed E-state index contributed by atoms with van der Waals surface area (Å²) < 4.78 is 6.49. The number of aromatic nitrogens is 1. The van der Waals surface area contributed by atoms with E-state index >= 15 is 0 Å². The van der Waals surface area contributed by atoms with Gasteiger partial charge in [0.15, 0.2) is 0 Å². The lowest BCUT2D eigenvalue weighted by atomic mass is 10.0. The van der Waals surface area contributed by atoms with E-state index in [-0.39, 0.29) is 30.2 Å². The normalized spacial score (nSPS) is 26.9. The molecule has 1 aromatic carbocycles. The molecular formula is C26H28N4O4. The molecule has 1 aromatic heterocycles.